The molecule has 0 unspecified atom stereocenters. The first-order chi connectivity index (χ1) is 8.49. The highest BCUT2D eigenvalue weighted by atomic mass is 79.9. The van der Waals surface area contributed by atoms with Gasteiger partial charge in [0.2, 0.25) is 0 Å². The molecule has 0 aromatic carbocycles. The fraction of sp³-hybridized carbons (Fsp3) is 0.455. The van der Waals surface area contributed by atoms with Gasteiger partial charge in [-0.25, -0.2) is 4.79 Å². The van der Waals surface area contributed by atoms with E-state index in [4.69, 9.17) is 4.74 Å². The number of methoxy groups -OCH3 is 1. The smallest absolute Gasteiger partial charge is 0.325 e. The highest BCUT2D eigenvalue weighted by Crippen LogP contribution is 2.35. The minimum atomic E-state index is -0.971. The van der Waals surface area contributed by atoms with E-state index < -0.39 is 5.54 Å². The Labute approximate surface area is 117 Å². The van der Waals surface area contributed by atoms with Crippen LogP contribution in [0.3, 0.4) is 0 Å². The van der Waals surface area contributed by atoms with Crippen LogP contribution in [-0.4, -0.2) is 37.1 Å². The Bertz CT molecular complexity index is 490. The fourth-order valence-corrected chi connectivity index (χ4v) is 3.31. The second-order valence-corrected chi connectivity index (χ2v) is 6.57. The number of urea groups is 1. The molecule has 3 amide bonds. The minimum absolute atomic E-state index is 0.237. The van der Waals surface area contributed by atoms with Gasteiger partial charge in [-0.1, -0.05) is 0 Å². The summed E-state index contributed by atoms with van der Waals surface area (Å²) in [6.07, 6.45) is 0. The number of imide groups is 1. The number of carbonyl (C=O) groups excluding carboxylic acids is 2. The average molecular weight is 333 g/mol. The molecule has 1 N–H and O–H groups in total. The molecule has 2 rings (SSSR count). The first-order valence-electron chi connectivity index (χ1n) is 5.38. The number of nitrogens with zero attached hydrogens (tertiary/aromatic N) is 1. The molecule has 0 aliphatic carbocycles. The van der Waals surface area contributed by atoms with Crippen LogP contribution in [0.25, 0.3) is 0 Å². The summed E-state index contributed by atoms with van der Waals surface area (Å²) in [7, 11) is 1.54. The first-order valence-corrected chi connectivity index (χ1v) is 6.99. The third kappa shape index (κ3) is 2.17. The lowest BCUT2D eigenvalue weighted by Gasteiger charge is -2.19. The Morgan fingerprint density at radius 2 is 2.22 bits per heavy atom. The largest absolute Gasteiger partial charge is 0.383 e. The Kier molecular flexibility index (Phi) is 3.74. The molecule has 1 saturated heterocycles. The molecule has 1 fully saturated rings. The number of hydrogen-bond donors (Lipinski definition) is 1. The Hall–Kier alpha value is -0.920. The van der Waals surface area contributed by atoms with Crippen LogP contribution in [0.4, 0.5) is 4.79 Å². The molecule has 1 aromatic heterocycles. The van der Waals surface area contributed by atoms with Gasteiger partial charge in [-0.15, -0.1) is 11.3 Å². The van der Waals surface area contributed by atoms with Crippen molar-refractivity contribution in [3.05, 3.63) is 20.8 Å². The summed E-state index contributed by atoms with van der Waals surface area (Å²) in [6.45, 7) is 2.32. The number of thiophene rings is 1. The number of rotatable bonds is 4. The lowest BCUT2D eigenvalue weighted by atomic mass is 10.0. The van der Waals surface area contributed by atoms with Gasteiger partial charge in [0.15, 0.2) is 5.54 Å². The van der Waals surface area contributed by atoms with Gasteiger partial charge in [0.05, 0.1) is 16.9 Å². The summed E-state index contributed by atoms with van der Waals surface area (Å²) in [5.41, 5.74) is -0.971. The number of carbonyl (C=O) groups is 2. The molecule has 98 valence electrons. The molecule has 0 spiro atoms. The molecule has 18 heavy (non-hydrogen) atoms. The van der Waals surface area contributed by atoms with E-state index in [9.17, 15) is 9.59 Å². The van der Waals surface area contributed by atoms with E-state index in [1.807, 2.05) is 12.1 Å². The number of ether oxygens (including phenoxy) is 1. The number of hydrogen-bond acceptors (Lipinski definition) is 4. The van der Waals surface area contributed by atoms with Crippen LogP contribution in [0.5, 0.6) is 0 Å². The van der Waals surface area contributed by atoms with Gasteiger partial charge >= 0.3 is 6.03 Å². The van der Waals surface area contributed by atoms with Crippen molar-refractivity contribution in [1.29, 1.82) is 0 Å². The molecule has 1 aliphatic rings. The molecule has 0 bridgehead atoms. The van der Waals surface area contributed by atoms with E-state index in [-0.39, 0.29) is 18.5 Å². The molecule has 1 aromatic rings. The SMILES string of the molecule is COCCN1C(=O)N[C@](C)(c2ccc(Br)s2)C1=O. The van der Waals surface area contributed by atoms with Crippen LogP contribution in [0.15, 0.2) is 15.9 Å². The first kappa shape index (κ1) is 13.5. The average Bonchev–Trinajstić information content (AvgIpc) is 2.83. The summed E-state index contributed by atoms with van der Waals surface area (Å²) in [6, 6.07) is 3.33. The monoisotopic (exact) mass is 332 g/mol. The quantitative estimate of drug-likeness (QED) is 0.857. The highest BCUT2D eigenvalue weighted by molar-refractivity contribution is 9.11. The Morgan fingerprint density at radius 1 is 1.50 bits per heavy atom. The van der Waals surface area contributed by atoms with Crippen molar-refractivity contribution in [3.63, 3.8) is 0 Å². The molecule has 5 nitrogen and oxygen atoms in total. The third-order valence-corrected chi connectivity index (χ3v) is 4.71. The van der Waals surface area contributed by atoms with Gasteiger partial charge < -0.3 is 10.1 Å². The van der Waals surface area contributed by atoms with E-state index in [0.717, 1.165) is 8.66 Å². The number of amides is 3. The van der Waals surface area contributed by atoms with Gasteiger partial charge in [0, 0.05) is 12.0 Å². The topological polar surface area (TPSA) is 58.6 Å². The summed E-state index contributed by atoms with van der Waals surface area (Å²) >= 11 is 4.80. The maximum absolute atomic E-state index is 12.3. The van der Waals surface area contributed by atoms with Gasteiger partial charge in [0.1, 0.15) is 0 Å². The Balaban J connectivity index is 2.25. The van der Waals surface area contributed by atoms with Crippen LogP contribution in [0.1, 0.15) is 11.8 Å². The van der Waals surface area contributed by atoms with Crippen molar-refractivity contribution in [3.8, 4) is 0 Å². The predicted octanol–water partition coefficient (Wildman–Crippen LogP) is 1.92. The third-order valence-electron chi connectivity index (χ3n) is 2.86. The van der Waals surface area contributed by atoms with Crippen LogP contribution in [0, 0.1) is 0 Å². The van der Waals surface area contributed by atoms with Gasteiger partial charge in [-0.3, -0.25) is 9.69 Å². The standard InChI is InChI=1S/C11H13BrN2O3S/c1-11(7-3-4-8(12)18-7)9(15)14(5-6-17-2)10(16)13-11/h3-4H,5-6H2,1-2H3,(H,13,16)/t11-/m1/s1. The molecule has 0 radical (unpaired) electrons. The predicted molar refractivity (Wildman–Crippen MR) is 71.5 cm³/mol. The summed E-state index contributed by atoms with van der Waals surface area (Å²) in [5.74, 6) is -0.237. The lowest BCUT2D eigenvalue weighted by Crippen LogP contribution is -2.40. The van der Waals surface area contributed by atoms with E-state index in [1.165, 1.54) is 23.3 Å². The molecule has 1 atom stereocenters. The van der Waals surface area contributed by atoms with Crippen LogP contribution >= 0.6 is 27.3 Å². The molecular formula is C11H13BrN2O3S. The van der Waals surface area contributed by atoms with Crippen molar-refractivity contribution in [2.75, 3.05) is 20.3 Å². The van der Waals surface area contributed by atoms with Crippen LogP contribution < -0.4 is 5.32 Å². The van der Waals surface area contributed by atoms with Crippen LogP contribution in [0.2, 0.25) is 0 Å². The van der Waals surface area contributed by atoms with Crippen molar-refractivity contribution < 1.29 is 14.3 Å². The van der Waals surface area contributed by atoms with Gasteiger partial charge in [0.25, 0.3) is 5.91 Å². The Morgan fingerprint density at radius 3 is 2.78 bits per heavy atom. The molecule has 1 aliphatic heterocycles. The zero-order valence-electron chi connectivity index (χ0n) is 10.0. The van der Waals surface area contributed by atoms with Gasteiger partial charge in [-0.05, 0) is 35.0 Å². The zero-order chi connectivity index (χ0) is 13.3. The van der Waals surface area contributed by atoms with E-state index in [1.54, 1.807) is 6.92 Å². The van der Waals surface area contributed by atoms with Gasteiger partial charge in [-0.2, -0.15) is 0 Å². The maximum Gasteiger partial charge on any atom is 0.325 e. The highest BCUT2D eigenvalue weighted by Gasteiger charge is 2.49. The lowest BCUT2D eigenvalue weighted by molar-refractivity contribution is -0.131. The normalized spacial score (nSPS) is 23.6. The number of nitrogens with one attached hydrogen (secondary N) is 1. The zero-order valence-corrected chi connectivity index (χ0v) is 12.4. The van der Waals surface area contributed by atoms with Crippen molar-refractivity contribution in [1.82, 2.24) is 10.2 Å². The van der Waals surface area contributed by atoms with Crippen molar-refractivity contribution in [2.45, 2.75) is 12.5 Å². The molecular weight excluding hydrogens is 320 g/mol. The maximum atomic E-state index is 12.3. The van der Waals surface area contributed by atoms with E-state index in [0.29, 0.717) is 6.61 Å². The molecule has 7 heteroatoms. The molecule has 2 heterocycles. The minimum Gasteiger partial charge on any atom is -0.383 e. The summed E-state index contributed by atoms with van der Waals surface area (Å²) < 4.78 is 5.83. The number of halogens is 1. The van der Waals surface area contributed by atoms with E-state index >= 15 is 0 Å². The fourth-order valence-electron chi connectivity index (χ4n) is 1.83. The van der Waals surface area contributed by atoms with Crippen molar-refractivity contribution >= 4 is 39.2 Å². The van der Waals surface area contributed by atoms with Crippen molar-refractivity contribution in [2.24, 2.45) is 0 Å². The second kappa shape index (κ2) is 4.99. The van der Waals surface area contributed by atoms with E-state index in [2.05, 4.69) is 21.2 Å². The molecule has 0 saturated carbocycles. The second-order valence-electron chi connectivity index (χ2n) is 4.11. The summed E-state index contributed by atoms with van der Waals surface area (Å²) in [5, 5.41) is 2.74. The summed E-state index contributed by atoms with van der Waals surface area (Å²) in [4.78, 5) is 26.2. The van der Waals surface area contributed by atoms with Crippen LogP contribution in [-0.2, 0) is 15.1 Å².